The first-order valence-electron chi connectivity index (χ1n) is 7.58. The van der Waals surface area contributed by atoms with Crippen molar-refractivity contribution in [3.8, 4) is 0 Å². The number of anilines is 1. The van der Waals surface area contributed by atoms with Crippen LogP contribution in [0.1, 0.15) is 32.4 Å². The number of hydrogen-bond acceptors (Lipinski definition) is 4. The van der Waals surface area contributed by atoms with Gasteiger partial charge in [-0.3, -0.25) is 0 Å². The first-order valence-corrected chi connectivity index (χ1v) is 8.38. The van der Waals surface area contributed by atoms with Crippen molar-refractivity contribution in [3.05, 3.63) is 28.2 Å². The van der Waals surface area contributed by atoms with Crippen LogP contribution in [0.15, 0.2) is 22.7 Å². The van der Waals surface area contributed by atoms with Gasteiger partial charge in [-0.1, -0.05) is 28.9 Å². The molecule has 0 saturated carbocycles. The van der Waals surface area contributed by atoms with Crippen LogP contribution in [-0.2, 0) is 4.74 Å². The molecule has 0 aliphatic carbocycles. The van der Waals surface area contributed by atoms with Gasteiger partial charge in [-0.2, -0.15) is 0 Å². The van der Waals surface area contributed by atoms with E-state index in [2.05, 4.69) is 65.1 Å². The summed E-state index contributed by atoms with van der Waals surface area (Å²) >= 11 is 3.69. The van der Waals surface area contributed by atoms with Crippen molar-refractivity contribution in [2.75, 3.05) is 31.2 Å². The Morgan fingerprint density at radius 2 is 2.29 bits per heavy atom. The smallest absolute Gasteiger partial charge is 0.0981 e. The summed E-state index contributed by atoms with van der Waals surface area (Å²) in [7, 11) is 0. The third kappa shape index (κ3) is 3.97. The predicted octanol–water partition coefficient (Wildman–Crippen LogP) is 2.71. The molecule has 1 saturated heterocycles. The number of morpholine rings is 1. The van der Waals surface area contributed by atoms with Crippen molar-refractivity contribution in [1.82, 2.24) is 5.32 Å². The van der Waals surface area contributed by atoms with Crippen molar-refractivity contribution in [3.63, 3.8) is 0 Å². The third-order valence-corrected chi connectivity index (χ3v) is 4.69. The molecule has 2 rings (SSSR count). The van der Waals surface area contributed by atoms with Gasteiger partial charge in [0.1, 0.15) is 0 Å². The fourth-order valence-electron chi connectivity index (χ4n) is 2.75. The van der Waals surface area contributed by atoms with Gasteiger partial charge in [0.15, 0.2) is 0 Å². The molecule has 21 heavy (non-hydrogen) atoms. The normalized spacial score (nSPS) is 24.1. The number of nitrogens with zero attached hydrogens (tertiary/aromatic N) is 1. The molecule has 1 aromatic carbocycles. The quantitative estimate of drug-likeness (QED) is 0.851. The van der Waals surface area contributed by atoms with E-state index < -0.39 is 0 Å². The molecule has 1 fully saturated rings. The highest BCUT2D eigenvalue weighted by Crippen LogP contribution is 2.30. The van der Waals surface area contributed by atoms with Gasteiger partial charge in [0.05, 0.1) is 19.3 Å². The number of rotatable bonds is 5. The van der Waals surface area contributed by atoms with E-state index in [9.17, 15) is 5.11 Å². The number of aliphatic hydroxyl groups excluding tert-OH is 1. The SMILES string of the molecule is CCNC(C)c1ccc(N2CC(CO)OCC2C)cc1Br. The maximum absolute atomic E-state index is 9.30. The summed E-state index contributed by atoms with van der Waals surface area (Å²) in [6.45, 7) is 8.83. The zero-order valence-electron chi connectivity index (χ0n) is 13.0. The third-order valence-electron chi connectivity index (χ3n) is 4.00. The van der Waals surface area contributed by atoms with Gasteiger partial charge < -0.3 is 20.1 Å². The van der Waals surface area contributed by atoms with Crippen molar-refractivity contribution in [2.45, 2.75) is 39.0 Å². The first kappa shape index (κ1) is 16.7. The zero-order valence-corrected chi connectivity index (χ0v) is 14.6. The van der Waals surface area contributed by atoms with Gasteiger partial charge in [-0.05, 0) is 38.1 Å². The van der Waals surface area contributed by atoms with Crippen molar-refractivity contribution in [1.29, 1.82) is 0 Å². The summed E-state index contributed by atoms with van der Waals surface area (Å²) in [5, 5.41) is 12.7. The van der Waals surface area contributed by atoms with Gasteiger partial charge in [0.2, 0.25) is 0 Å². The molecule has 0 spiro atoms. The van der Waals surface area contributed by atoms with E-state index in [1.54, 1.807) is 0 Å². The van der Waals surface area contributed by atoms with Crippen molar-refractivity contribution >= 4 is 21.6 Å². The number of aliphatic hydroxyl groups is 1. The predicted molar refractivity (Wildman–Crippen MR) is 89.9 cm³/mol. The fraction of sp³-hybridized carbons (Fsp3) is 0.625. The maximum Gasteiger partial charge on any atom is 0.0981 e. The second-order valence-electron chi connectivity index (χ2n) is 5.62. The van der Waals surface area contributed by atoms with E-state index in [0.29, 0.717) is 18.7 Å². The van der Waals surface area contributed by atoms with E-state index in [0.717, 1.165) is 17.6 Å². The Bertz CT molecular complexity index is 470. The minimum absolute atomic E-state index is 0.0694. The van der Waals surface area contributed by atoms with E-state index in [1.807, 2.05) is 0 Å². The lowest BCUT2D eigenvalue weighted by Gasteiger charge is -2.39. The van der Waals surface area contributed by atoms with Gasteiger partial charge >= 0.3 is 0 Å². The van der Waals surface area contributed by atoms with Crippen LogP contribution in [0, 0.1) is 0 Å². The van der Waals surface area contributed by atoms with Gasteiger partial charge in [0.25, 0.3) is 0 Å². The lowest BCUT2D eigenvalue weighted by molar-refractivity contribution is -0.0103. The van der Waals surface area contributed by atoms with Crippen molar-refractivity contribution < 1.29 is 9.84 Å². The molecule has 1 aliphatic rings. The number of ether oxygens (including phenoxy) is 1. The summed E-state index contributed by atoms with van der Waals surface area (Å²) in [5.41, 5.74) is 2.43. The average molecular weight is 357 g/mol. The van der Waals surface area contributed by atoms with Crippen molar-refractivity contribution in [2.24, 2.45) is 0 Å². The fourth-order valence-corrected chi connectivity index (χ4v) is 3.46. The van der Waals surface area contributed by atoms with Gasteiger partial charge in [0, 0.05) is 28.8 Å². The Balaban J connectivity index is 2.18. The van der Waals surface area contributed by atoms with Crippen LogP contribution in [0.3, 0.4) is 0 Å². The highest BCUT2D eigenvalue weighted by Gasteiger charge is 2.26. The molecule has 3 atom stereocenters. The number of benzene rings is 1. The maximum atomic E-state index is 9.30. The number of hydrogen-bond donors (Lipinski definition) is 2. The van der Waals surface area contributed by atoms with Gasteiger partial charge in [-0.25, -0.2) is 0 Å². The zero-order chi connectivity index (χ0) is 15.4. The summed E-state index contributed by atoms with van der Waals surface area (Å²) in [6, 6.07) is 7.13. The topological polar surface area (TPSA) is 44.7 Å². The van der Waals surface area contributed by atoms with Crippen LogP contribution in [0.25, 0.3) is 0 Å². The molecular weight excluding hydrogens is 332 g/mol. The molecule has 0 aromatic heterocycles. The Labute approximate surface area is 135 Å². The Kier molecular flexibility index (Phi) is 6.05. The standard InChI is InChI=1S/C16H25BrN2O2/c1-4-18-12(3)15-6-5-13(7-16(15)17)19-8-14(9-20)21-10-11(19)2/h5-7,11-12,14,18,20H,4,8-10H2,1-3H3. The molecule has 0 radical (unpaired) electrons. The Morgan fingerprint density at radius 3 is 2.90 bits per heavy atom. The largest absolute Gasteiger partial charge is 0.394 e. The Hall–Kier alpha value is -0.620. The molecule has 1 aromatic rings. The minimum atomic E-state index is -0.0969. The minimum Gasteiger partial charge on any atom is -0.394 e. The molecule has 4 nitrogen and oxygen atoms in total. The number of halogens is 1. The Morgan fingerprint density at radius 1 is 1.52 bits per heavy atom. The van der Waals surface area contributed by atoms with Crippen LogP contribution < -0.4 is 10.2 Å². The van der Waals surface area contributed by atoms with Crippen LogP contribution in [0.4, 0.5) is 5.69 Å². The molecule has 1 heterocycles. The van der Waals surface area contributed by atoms with E-state index >= 15 is 0 Å². The van der Waals surface area contributed by atoms with E-state index in [-0.39, 0.29) is 12.7 Å². The highest BCUT2D eigenvalue weighted by atomic mass is 79.9. The van der Waals surface area contributed by atoms with E-state index in [4.69, 9.17) is 4.74 Å². The van der Waals surface area contributed by atoms with Crippen LogP contribution in [-0.4, -0.2) is 43.6 Å². The van der Waals surface area contributed by atoms with Gasteiger partial charge in [-0.15, -0.1) is 0 Å². The summed E-state index contributed by atoms with van der Waals surface area (Å²) in [6.07, 6.45) is -0.0969. The summed E-state index contributed by atoms with van der Waals surface area (Å²) < 4.78 is 6.72. The van der Waals surface area contributed by atoms with Crippen LogP contribution >= 0.6 is 15.9 Å². The molecule has 2 N–H and O–H groups in total. The second kappa shape index (κ2) is 7.58. The molecule has 1 aliphatic heterocycles. The summed E-state index contributed by atoms with van der Waals surface area (Å²) in [5.74, 6) is 0. The van der Waals surface area contributed by atoms with Crippen LogP contribution in [0.5, 0.6) is 0 Å². The number of nitrogens with one attached hydrogen (secondary N) is 1. The molecular formula is C16H25BrN2O2. The monoisotopic (exact) mass is 356 g/mol. The molecule has 118 valence electrons. The molecule has 0 amide bonds. The lowest BCUT2D eigenvalue weighted by atomic mass is 10.1. The molecule has 5 heteroatoms. The van der Waals surface area contributed by atoms with Crippen LogP contribution in [0.2, 0.25) is 0 Å². The first-order chi connectivity index (χ1) is 10.1. The lowest BCUT2D eigenvalue weighted by Crippen LogP contribution is -2.49. The molecule has 0 bridgehead atoms. The van der Waals surface area contributed by atoms with E-state index in [1.165, 1.54) is 11.3 Å². The summed E-state index contributed by atoms with van der Waals surface area (Å²) in [4.78, 5) is 2.30. The highest BCUT2D eigenvalue weighted by molar-refractivity contribution is 9.10. The average Bonchev–Trinajstić information content (AvgIpc) is 2.47. The second-order valence-corrected chi connectivity index (χ2v) is 6.48. The molecule has 3 unspecified atom stereocenters.